The highest BCUT2D eigenvalue weighted by atomic mass is 16.7. The first-order valence-electron chi connectivity index (χ1n) is 19.9. The number of imidazole rings is 1. The highest BCUT2D eigenvalue weighted by molar-refractivity contribution is 6.00. The van der Waals surface area contributed by atoms with Crippen LogP contribution in [0, 0.1) is 17.8 Å². The molecule has 2 aromatic rings. The van der Waals surface area contributed by atoms with Crippen LogP contribution >= 0.6 is 0 Å². The van der Waals surface area contributed by atoms with Gasteiger partial charge in [-0.25, -0.2) is 19.1 Å². The third-order valence-electron chi connectivity index (χ3n) is 10.7. The molecule has 0 radical (unpaired) electrons. The van der Waals surface area contributed by atoms with E-state index in [1.54, 1.807) is 58.0 Å². The number of Topliss-reactive ketones (excluding diaryl/α,β-unsaturated/α-hetero) is 2. The summed E-state index contributed by atoms with van der Waals surface area (Å²) in [7, 11) is 5.23. The third kappa shape index (κ3) is 12.9. The lowest BCUT2D eigenvalue weighted by atomic mass is 9.77. The van der Waals surface area contributed by atoms with Crippen LogP contribution in [-0.4, -0.2) is 114 Å². The Morgan fingerprint density at radius 2 is 1.77 bits per heavy atom. The van der Waals surface area contributed by atoms with E-state index in [-0.39, 0.29) is 37.1 Å². The summed E-state index contributed by atoms with van der Waals surface area (Å²) >= 11 is 0. The first kappa shape index (κ1) is 47.1. The maximum absolute atomic E-state index is 14.3. The van der Waals surface area contributed by atoms with Crippen molar-refractivity contribution in [3.8, 4) is 0 Å². The van der Waals surface area contributed by atoms with Crippen LogP contribution in [0.5, 0.6) is 0 Å². The van der Waals surface area contributed by atoms with E-state index in [1.165, 1.54) is 43.4 Å². The molecule has 57 heavy (non-hydrogen) atoms. The zero-order valence-electron chi connectivity index (χ0n) is 35.5. The van der Waals surface area contributed by atoms with Gasteiger partial charge in [0.1, 0.15) is 25.0 Å². The minimum atomic E-state index is -1.33. The Balaban J connectivity index is 1.99. The van der Waals surface area contributed by atoms with Gasteiger partial charge in [0.2, 0.25) is 0 Å². The van der Waals surface area contributed by atoms with E-state index in [0.717, 1.165) is 6.42 Å². The molecule has 14 nitrogen and oxygen atoms in total. The number of benzene rings is 1. The van der Waals surface area contributed by atoms with E-state index >= 15 is 0 Å². The van der Waals surface area contributed by atoms with Gasteiger partial charge in [-0.15, -0.1) is 0 Å². The third-order valence-corrected chi connectivity index (χ3v) is 10.7. The maximum Gasteiger partial charge on any atom is 0.419 e. The Labute approximate surface area is 337 Å². The normalized spacial score (nSPS) is 22.4. The molecule has 0 bridgehead atoms. The number of likely N-dealkylation sites (N-methyl/N-ethyl adjacent to an activating group) is 1. The van der Waals surface area contributed by atoms with Gasteiger partial charge in [0.15, 0.2) is 24.0 Å². The highest BCUT2D eigenvalue weighted by Crippen LogP contribution is 2.37. The molecule has 1 aromatic heterocycles. The predicted molar refractivity (Wildman–Crippen MR) is 212 cm³/mol. The minimum absolute atomic E-state index is 0.0751. The molecule has 3 rings (SSSR count). The topological polar surface area (TPSA) is 162 Å². The predicted octanol–water partition coefficient (Wildman–Crippen LogP) is 6.45. The number of esters is 2. The summed E-state index contributed by atoms with van der Waals surface area (Å²) in [6.07, 6.45) is 3.94. The van der Waals surface area contributed by atoms with E-state index in [2.05, 4.69) is 4.98 Å². The number of hydrogen-bond donors (Lipinski definition) is 0. The molecule has 316 valence electrons. The van der Waals surface area contributed by atoms with Crippen LogP contribution < -0.4 is 0 Å². The Hall–Kier alpha value is -4.24. The van der Waals surface area contributed by atoms with E-state index in [1.807, 2.05) is 39.8 Å². The first-order chi connectivity index (χ1) is 27.0. The molecule has 1 fully saturated rings. The number of rotatable bonds is 21. The summed E-state index contributed by atoms with van der Waals surface area (Å²) in [6, 6.07) is 8.26. The summed E-state index contributed by atoms with van der Waals surface area (Å²) in [6.45, 7) is 14.0. The molecule has 0 aliphatic carbocycles. The second-order valence-electron chi connectivity index (χ2n) is 15.5. The number of ketones is 2. The van der Waals surface area contributed by atoms with Crippen LogP contribution in [0.1, 0.15) is 97.9 Å². The Kier molecular flexibility index (Phi) is 18.2. The monoisotopic (exact) mass is 797 g/mol. The van der Waals surface area contributed by atoms with E-state index in [0.29, 0.717) is 30.4 Å². The molecule has 1 unspecified atom stereocenters. The Morgan fingerprint density at radius 1 is 1.09 bits per heavy atom. The molecule has 0 amide bonds. The zero-order valence-corrected chi connectivity index (χ0v) is 35.5. The molecular formula is C43H63N3O11. The van der Waals surface area contributed by atoms with Gasteiger partial charge in [-0.05, 0) is 91.3 Å². The average Bonchev–Trinajstić information content (AvgIpc) is 3.75. The van der Waals surface area contributed by atoms with Crippen LogP contribution in [0.4, 0.5) is 4.79 Å². The van der Waals surface area contributed by atoms with Crippen LogP contribution in [0.2, 0.25) is 0 Å². The number of nitrogens with zero attached hydrogens (tertiary/aromatic N) is 3. The summed E-state index contributed by atoms with van der Waals surface area (Å²) in [4.78, 5) is 73.0. The fraction of sp³-hybridized carbons (Fsp3) is 0.628. The lowest BCUT2D eigenvalue weighted by Gasteiger charge is -2.47. The van der Waals surface area contributed by atoms with Gasteiger partial charge in [-0.1, -0.05) is 52.3 Å². The van der Waals surface area contributed by atoms with Gasteiger partial charge in [-0.3, -0.25) is 14.4 Å². The van der Waals surface area contributed by atoms with Crippen molar-refractivity contribution in [3.63, 3.8) is 0 Å². The number of hydrogen-bond acceptors (Lipinski definition) is 13. The fourth-order valence-corrected chi connectivity index (χ4v) is 7.25. The fourth-order valence-electron chi connectivity index (χ4n) is 7.25. The molecule has 10 atom stereocenters. The summed E-state index contributed by atoms with van der Waals surface area (Å²) < 4.78 is 37.8. The van der Waals surface area contributed by atoms with Gasteiger partial charge < -0.3 is 33.3 Å². The summed E-state index contributed by atoms with van der Waals surface area (Å²) in [5.41, 5.74) is -0.620. The van der Waals surface area contributed by atoms with Crippen molar-refractivity contribution in [1.29, 1.82) is 0 Å². The molecule has 0 saturated carbocycles. The van der Waals surface area contributed by atoms with Crippen molar-refractivity contribution in [2.45, 2.75) is 130 Å². The highest BCUT2D eigenvalue weighted by Gasteiger charge is 2.50. The van der Waals surface area contributed by atoms with E-state index in [9.17, 15) is 24.0 Å². The number of allylic oxidation sites excluding steroid dienone is 1. The number of carbonyl (C=O) groups is 5. The second-order valence-corrected chi connectivity index (χ2v) is 15.5. The largest absolute Gasteiger partial charge is 0.462 e. The van der Waals surface area contributed by atoms with Crippen molar-refractivity contribution >= 4 is 29.6 Å². The molecular weight excluding hydrogens is 734 g/mol. The number of aromatic nitrogens is 2. The smallest absolute Gasteiger partial charge is 0.419 e. The van der Waals surface area contributed by atoms with Crippen molar-refractivity contribution in [1.82, 2.24) is 14.5 Å². The van der Waals surface area contributed by atoms with Gasteiger partial charge in [0.25, 0.3) is 0 Å². The van der Waals surface area contributed by atoms with E-state index in [4.69, 9.17) is 28.4 Å². The van der Waals surface area contributed by atoms with Crippen LogP contribution in [0.25, 0.3) is 0 Å². The lowest BCUT2D eigenvalue weighted by Crippen LogP contribution is -2.60. The van der Waals surface area contributed by atoms with Crippen LogP contribution in [-0.2, 0) is 42.8 Å². The molecule has 0 spiro atoms. The van der Waals surface area contributed by atoms with Crippen molar-refractivity contribution in [3.05, 3.63) is 66.3 Å². The van der Waals surface area contributed by atoms with Gasteiger partial charge in [0, 0.05) is 31.3 Å². The Bertz CT molecular complexity index is 1650. The minimum Gasteiger partial charge on any atom is -0.462 e. The van der Waals surface area contributed by atoms with Gasteiger partial charge >= 0.3 is 18.0 Å². The van der Waals surface area contributed by atoms with Crippen molar-refractivity contribution in [2.75, 3.05) is 27.8 Å². The Morgan fingerprint density at radius 3 is 2.35 bits per heavy atom. The second kappa shape index (κ2) is 22.1. The van der Waals surface area contributed by atoms with Crippen molar-refractivity contribution < 1.29 is 52.4 Å². The molecule has 1 aliphatic rings. The van der Waals surface area contributed by atoms with Crippen LogP contribution in [0.15, 0.2) is 60.7 Å². The number of methoxy groups -OCH3 is 1. The number of carbonyl (C=O) groups excluding carboxylic acids is 5. The quantitative estimate of drug-likeness (QED) is 0.0587. The summed E-state index contributed by atoms with van der Waals surface area (Å²) in [5, 5.41) is 0. The first-order valence-corrected chi connectivity index (χ1v) is 19.9. The van der Waals surface area contributed by atoms with E-state index < -0.39 is 65.7 Å². The number of ether oxygens (including phenoxy) is 6. The molecule has 14 heteroatoms. The van der Waals surface area contributed by atoms with Gasteiger partial charge in [0.05, 0.1) is 29.4 Å². The molecule has 0 N–H and O–H groups in total. The lowest BCUT2D eigenvalue weighted by molar-refractivity contribution is -0.294. The SMILES string of the molecule is CCCC(CC)OC(=O)[C@H](C)C(=O)[C@H](C)[C@@H](O[C@@H]1O[C@H](C)C[C@H](N(C)C)[C@H]1OC(=O)c1ccccc1)[C@](C)(C[C@@H](C)C(=O)/C(C)=C/COC(=O)n1ccnc1)OC. The van der Waals surface area contributed by atoms with Gasteiger partial charge in [-0.2, -0.15) is 0 Å². The molecule has 1 saturated heterocycles. The zero-order chi connectivity index (χ0) is 42.4. The molecule has 1 aromatic carbocycles. The maximum atomic E-state index is 14.3. The molecule has 2 heterocycles. The molecule has 1 aliphatic heterocycles. The standard InChI is InChI=1S/C43H63N3O11/c1-12-17-33(13-2)55-39(49)31(7)36(48)30(6)38(43(8,52-11)25-28(4)35(47)27(3)20-23-53-42(51)46-22-21-44-26-46)57-41-37(34(45(9)10)24-29(5)54-41)56-40(50)32-18-15-14-16-19-32/h14-16,18-22,26,28-31,33-34,37-38,41H,12-13,17,23-25H2,1-11H3/b27-20+/t28-,29-,30+,31-,33?,34+,37-,38-,41+,43+/m1/s1. The van der Waals surface area contributed by atoms with Crippen molar-refractivity contribution in [2.24, 2.45) is 17.8 Å². The average molecular weight is 798 g/mol. The summed E-state index contributed by atoms with van der Waals surface area (Å²) in [5.74, 6) is -4.68. The van der Waals surface area contributed by atoms with Crippen LogP contribution in [0.3, 0.4) is 0 Å².